The molecule has 1 fully saturated rings. The van der Waals surface area contributed by atoms with E-state index in [0.29, 0.717) is 5.92 Å². The summed E-state index contributed by atoms with van der Waals surface area (Å²) in [5.74, 6) is 1.34. The molecule has 5 heteroatoms. The van der Waals surface area contributed by atoms with Gasteiger partial charge in [0.05, 0.1) is 11.7 Å². The molecule has 0 bridgehead atoms. The predicted octanol–water partition coefficient (Wildman–Crippen LogP) is 4.69. The van der Waals surface area contributed by atoms with Crippen LogP contribution in [0.4, 0.5) is 4.39 Å². The molecule has 1 atom stereocenters. The van der Waals surface area contributed by atoms with Crippen molar-refractivity contribution in [2.45, 2.75) is 18.9 Å². The first-order valence-corrected chi connectivity index (χ1v) is 11.1. The maximum atomic E-state index is 13.4. The number of halogens is 1. The highest BCUT2D eigenvalue weighted by Crippen LogP contribution is 2.23. The summed E-state index contributed by atoms with van der Waals surface area (Å²) >= 11 is 0. The second-order valence-corrected chi connectivity index (χ2v) is 8.09. The van der Waals surface area contributed by atoms with Crippen LogP contribution in [0, 0.1) is 11.7 Å². The van der Waals surface area contributed by atoms with Crippen LogP contribution in [0.3, 0.4) is 0 Å². The van der Waals surface area contributed by atoms with Crippen molar-refractivity contribution in [2.75, 3.05) is 32.8 Å². The van der Waals surface area contributed by atoms with E-state index in [1.165, 1.54) is 12.1 Å². The number of likely N-dealkylation sites (tertiary alicyclic amines) is 1. The summed E-state index contributed by atoms with van der Waals surface area (Å²) in [6.45, 7) is 4.79. The summed E-state index contributed by atoms with van der Waals surface area (Å²) in [6.07, 6.45) is 4.14. The molecule has 1 aromatic heterocycles. The number of aromatic nitrogens is 1. The minimum absolute atomic E-state index is 0.0286. The molecule has 0 radical (unpaired) electrons. The van der Waals surface area contributed by atoms with Crippen molar-refractivity contribution in [3.63, 3.8) is 0 Å². The maximum Gasteiger partial charge on any atom is 0.123 e. The largest absolute Gasteiger partial charge is 0.492 e. The number of rotatable bonds is 9. The fourth-order valence-corrected chi connectivity index (χ4v) is 4.10. The lowest BCUT2D eigenvalue weighted by molar-refractivity contribution is 0.153. The van der Waals surface area contributed by atoms with Crippen molar-refractivity contribution in [1.29, 1.82) is 0 Å². The van der Waals surface area contributed by atoms with Crippen LogP contribution < -0.4 is 10.1 Å². The van der Waals surface area contributed by atoms with Crippen LogP contribution >= 0.6 is 0 Å². The van der Waals surface area contributed by atoms with Crippen molar-refractivity contribution < 1.29 is 9.13 Å². The molecule has 2 aromatic carbocycles. The number of benzene rings is 2. The van der Waals surface area contributed by atoms with Gasteiger partial charge in [0.1, 0.15) is 18.2 Å². The zero-order valence-corrected chi connectivity index (χ0v) is 17.8. The summed E-state index contributed by atoms with van der Waals surface area (Å²) in [5.41, 5.74) is 2.00. The number of nitrogens with one attached hydrogen (secondary N) is 1. The van der Waals surface area contributed by atoms with Crippen LogP contribution in [0.15, 0.2) is 79.0 Å². The zero-order chi connectivity index (χ0) is 21.3. The second kappa shape index (κ2) is 11.0. The number of para-hydroxylation sites is 1. The number of piperidine rings is 1. The van der Waals surface area contributed by atoms with Gasteiger partial charge in [0.25, 0.3) is 0 Å². The van der Waals surface area contributed by atoms with Crippen LogP contribution in [0.1, 0.15) is 30.1 Å². The molecule has 162 valence electrons. The van der Waals surface area contributed by atoms with Gasteiger partial charge in [-0.25, -0.2) is 4.39 Å². The van der Waals surface area contributed by atoms with Crippen molar-refractivity contribution in [1.82, 2.24) is 15.2 Å². The minimum Gasteiger partial charge on any atom is -0.492 e. The van der Waals surface area contributed by atoms with E-state index in [1.807, 2.05) is 66.9 Å². The lowest BCUT2D eigenvalue weighted by Crippen LogP contribution is -2.40. The van der Waals surface area contributed by atoms with Crippen LogP contribution in [0.25, 0.3) is 0 Å². The number of nitrogens with zero attached hydrogens (tertiary/aromatic N) is 2. The third-order valence-corrected chi connectivity index (χ3v) is 5.92. The van der Waals surface area contributed by atoms with Crippen LogP contribution in [0.2, 0.25) is 0 Å². The van der Waals surface area contributed by atoms with E-state index in [-0.39, 0.29) is 11.9 Å². The van der Waals surface area contributed by atoms with Crippen LogP contribution in [-0.4, -0.2) is 42.7 Å². The summed E-state index contributed by atoms with van der Waals surface area (Å²) in [5, 5.41) is 3.69. The molecule has 4 rings (SSSR count). The maximum absolute atomic E-state index is 13.4. The van der Waals surface area contributed by atoms with Gasteiger partial charge in [0.2, 0.25) is 0 Å². The molecule has 31 heavy (non-hydrogen) atoms. The van der Waals surface area contributed by atoms with Crippen LogP contribution in [0.5, 0.6) is 5.75 Å². The number of ether oxygens (including phenoxy) is 1. The van der Waals surface area contributed by atoms with Crippen LogP contribution in [-0.2, 0) is 0 Å². The van der Waals surface area contributed by atoms with Gasteiger partial charge in [-0.2, -0.15) is 0 Å². The number of hydrogen-bond donors (Lipinski definition) is 1. The van der Waals surface area contributed by atoms with E-state index < -0.39 is 0 Å². The lowest BCUT2D eigenvalue weighted by atomic mass is 9.95. The third kappa shape index (κ3) is 6.36. The van der Waals surface area contributed by atoms with E-state index in [0.717, 1.165) is 62.6 Å². The quantitative estimate of drug-likeness (QED) is 0.546. The average molecular weight is 420 g/mol. The first-order valence-electron chi connectivity index (χ1n) is 11.1. The molecule has 1 N–H and O–H groups in total. The number of pyridine rings is 1. The molecular weight excluding hydrogens is 389 g/mol. The molecule has 0 amide bonds. The van der Waals surface area contributed by atoms with Gasteiger partial charge in [-0.05, 0) is 80.4 Å². The molecule has 0 aliphatic carbocycles. The van der Waals surface area contributed by atoms with Crippen molar-refractivity contribution in [3.8, 4) is 5.75 Å². The Morgan fingerprint density at radius 3 is 2.42 bits per heavy atom. The molecule has 1 saturated heterocycles. The molecular formula is C26H30FN3O. The fraction of sp³-hybridized carbons (Fsp3) is 0.346. The molecule has 4 nitrogen and oxygen atoms in total. The van der Waals surface area contributed by atoms with Crippen molar-refractivity contribution in [2.24, 2.45) is 5.92 Å². The van der Waals surface area contributed by atoms with Crippen molar-refractivity contribution in [3.05, 3.63) is 96.1 Å². The topological polar surface area (TPSA) is 37.4 Å². The Kier molecular flexibility index (Phi) is 7.64. The van der Waals surface area contributed by atoms with E-state index in [2.05, 4.69) is 15.2 Å². The fourth-order valence-electron chi connectivity index (χ4n) is 4.10. The molecule has 1 aliphatic rings. The Balaban J connectivity index is 1.25. The smallest absolute Gasteiger partial charge is 0.123 e. The van der Waals surface area contributed by atoms with Gasteiger partial charge in [-0.15, -0.1) is 0 Å². The van der Waals surface area contributed by atoms with Gasteiger partial charge in [-0.1, -0.05) is 36.4 Å². The standard InChI is InChI=1S/C26H30FN3O/c27-23-11-9-22(10-12-23)26(25-8-4-5-15-28-25)29-20-21-13-16-30(17-14-21)18-19-31-24-6-2-1-3-7-24/h1-12,15,21,26,29H,13-14,16-20H2/t26-/m0/s1. The van der Waals surface area contributed by atoms with Crippen molar-refractivity contribution >= 4 is 0 Å². The highest BCUT2D eigenvalue weighted by Gasteiger charge is 2.22. The first kappa shape index (κ1) is 21.5. The third-order valence-electron chi connectivity index (χ3n) is 5.92. The van der Waals surface area contributed by atoms with E-state index in [4.69, 9.17) is 4.74 Å². The predicted molar refractivity (Wildman–Crippen MR) is 122 cm³/mol. The Labute approximate surface area is 184 Å². The minimum atomic E-state index is -0.216. The highest BCUT2D eigenvalue weighted by atomic mass is 19.1. The summed E-state index contributed by atoms with van der Waals surface area (Å²) < 4.78 is 19.2. The Bertz CT molecular complexity index is 897. The zero-order valence-electron chi connectivity index (χ0n) is 17.8. The normalized spacial score (nSPS) is 16.2. The monoisotopic (exact) mass is 419 g/mol. The van der Waals surface area contributed by atoms with E-state index in [1.54, 1.807) is 0 Å². The molecule has 2 heterocycles. The average Bonchev–Trinajstić information content (AvgIpc) is 2.83. The van der Waals surface area contributed by atoms with Gasteiger partial charge < -0.3 is 10.1 Å². The Morgan fingerprint density at radius 1 is 0.968 bits per heavy atom. The summed E-state index contributed by atoms with van der Waals surface area (Å²) in [7, 11) is 0. The molecule has 0 saturated carbocycles. The molecule has 0 spiro atoms. The molecule has 3 aromatic rings. The van der Waals surface area contributed by atoms with E-state index in [9.17, 15) is 4.39 Å². The first-order chi connectivity index (χ1) is 15.3. The lowest BCUT2D eigenvalue weighted by Gasteiger charge is -2.33. The van der Waals surface area contributed by atoms with Gasteiger partial charge in [0.15, 0.2) is 0 Å². The molecule has 1 aliphatic heterocycles. The summed E-state index contributed by atoms with van der Waals surface area (Å²) in [6, 6.07) is 22.6. The Hall–Kier alpha value is -2.76. The van der Waals surface area contributed by atoms with Gasteiger partial charge in [-0.3, -0.25) is 9.88 Å². The van der Waals surface area contributed by atoms with Gasteiger partial charge >= 0.3 is 0 Å². The van der Waals surface area contributed by atoms with Gasteiger partial charge in [0, 0.05) is 12.7 Å². The number of hydrogen-bond acceptors (Lipinski definition) is 4. The Morgan fingerprint density at radius 2 is 1.71 bits per heavy atom. The SMILES string of the molecule is Fc1ccc([C@H](NCC2CCN(CCOc3ccccc3)CC2)c2ccccn2)cc1. The molecule has 0 unspecified atom stereocenters. The highest BCUT2D eigenvalue weighted by molar-refractivity contribution is 5.28. The summed E-state index contributed by atoms with van der Waals surface area (Å²) in [4.78, 5) is 7.02. The second-order valence-electron chi connectivity index (χ2n) is 8.09. The van der Waals surface area contributed by atoms with E-state index >= 15 is 0 Å².